The minimum absolute atomic E-state index is 0.668. The van der Waals surface area contributed by atoms with E-state index in [2.05, 4.69) is 13.8 Å². The molecule has 0 aromatic heterocycles. The van der Waals surface area contributed by atoms with Gasteiger partial charge >= 0.3 is 9.28 Å². The van der Waals surface area contributed by atoms with E-state index in [0.717, 1.165) is 24.4 Å². The normalized spacial score (nSPS) is 11.2. The van der Waals surface area contributed by atoms with Crippen molar-refractivity contribution in [3.05, 3.63) is 35.4 Å². The third-order valence-corrected chi connectivity index (χ3v) is 4.64. The fourth-order valence-corrected chi connectivity index (χ4v) is 3.69. The lowest BCUT2D eigenvalue weighted by atomic mass is 10.2. The van der Waals surface area contributed by atoms with Gasteiger partial charge in [0.15, 0.2) is 11.6 Å². The van der Waals surface area contributed by atoms with E-state index in [1.54, 1.807) is 6.07 Å². The zero-order valence-electron chi connectivity index (χ0n) is 11.6. The van der Waals surface area contributed by atoms with Crippen molar-refractivity contribution >= 4 is 9.28 Å². The topological polar surface area (TPSA) is 18.5 Å². The highest BCUT2D eigenvalue weighted by Crippen LogP contribution is 2.12. The molecule has 0 amide bonds. The summed E-state index contributed by atoms with van der Waals surface area (Å²) in [5.41, 5.74) is 0.789. The van der Waals surface area contributed by atoms with Crippen LogP contribution in [0.25, 0.3) is 0 Å². The number of rotatable bonds is 9. The Morgan fingerprint density at radius 2 is 1.63 bits per heavy atom. The Bertz CT molecular complexity index is 366. The molecule has 0 aliphatic rings. The van der Waals surface area contributed by atoms with Crippen LogP contribution >= 0.6 is 0 Å². The number of benzene rings is 1. The molecule has 2 nitrogen and oxygen atoms in total. The van der Waals surface area contributed by atoms with Crippen LogP contribution in [0, 0.1) is 11.6 Å². The first-order valence-electron chi connectivity index (χ1n) is 6.84. The number of hydrogen-bond donors (Lipinski definition) is 0. The van der Waals surface area contributed by atoms with Gasteiger partial charge in [-0.1, -0.05) is 19.9 Å². The highest BCUT2D eigenvalue weighted by Gasteiger charge is 2.13. The summed E-state index contributed by atoms with van der Waals surface area (Å²) in [4.78, 5) is 0. The molecular weight excluding hydrogens is 266 g/mol. The summed E-state index contributed by atoms with van der Waals surface area (Å²) in [6, 6.07) is 4.82. The van der Waals surface area contributed by atoms with Crippen LogP contribution in [0.3, 0.4) is 0 Å². The van der Waals surface area contributed by atoms with Crippen molar-refractivity contribution in [2.45, 2.75) is 39.2 Å². The van der Waals surface area contributed by atoms with Gasteiger partial charge in [0.05, 0.1) is 0 Å². The van der Waals surface area contributed by atoms with Crippen molar-refractivity contribution in [2.75, 3.05) is 13.2 Å². The Labute approximate surface area is 115 Å². The van der Waals surface area contributed by atoms with Gasteiger partial charge in [-0.2, -0.15) is 0 Å². The molecule has 1 rings (SSSR count). The maximum absolute atomic E-state index is 13.1. The van der Waals surface area contributed by atoms with Gasteiger partial charge in [0.1, 0.15) is 0 Å². The second-order valence-electron chi connectivity index (χ2n) is 4.46. The second kappa shape index (κ2) is 9.17. The summed E-state index contributed by atoms with van der Waals surface area (Å²) in [5.74, 6) is -1.60. The molecule has 0 heterocycles. The molecule has 0 N–H and O–H groups in total. The number of hydrogen-bond acceptors (Lipinski definition) is 2. The Kier molecular flexibility index (Phi) is 7.86. The van der Waals surface area contributed by atoms with Crippen molar-refractivity contribution in [2.24, 2.45) is 0 Å². The number of halogens is 2. The monoisotopic (exact) mass is 288 g/mol. The molecular formula is C14H22F2O2Si. The molecule has 19 heavy (non-hydrogen) atoms. The van der Waals surface area contributed by atoms with Crippen molar-refractivity contribution in [3.8, 4) is 0 Å². The third kappa shape index (κ3) is 6.27. The van der Waals surface area contributed by atoms with Crippen LogP contribution in [-0.2, 0) is 15.3 Å². The standard InChI is InChI=1S/C14H22F2O2Si/c1-3-8-17-19(18-9-4-2)10-7-12-5-6-13(15)14(16)11-12/h5-6,11,19H,3-4,7-10H2,1-2H3. The molecule has 0 atom stereocenters. The van der Waals surface area contributed by atoms with Crippen LogP contribution in [0.4, 0.5) is 8.78 Å². The maximum atomic E-state index is 13.1. The second-order valence-corrected chi connectivity index (χ2v) is 6.56. The summed E-state index contributed by atoms with van der Waals surface area (Å²) in [7, 11) is -1.68. The van der Waals surface area contributed by atoms with E-state index >= 15 is 0 Å². The van der Waals surface area contributed by atoms with Gasteiger partial charge in [-0.15, -0.1) is 0 Å². The van der Waals surface area contributed by atoms with Gasteiger partial charge in [-0.05, 0) is 43.0 Å². The summed E-state index contributed by atoms with van der Waals surface area (Å²) in [6.07, 6.45) is 2.59. The first kappa shape index (κ1) is 16.3. The van der Waals surface area contributed by atoms with Crippen molar-refractivity contribution in [3.63, 3.8) is 0 Å². The molecule has 0 bridgehead atoms. The van der Waals surface area contributed by atoms with Crippen molar-refractivity contribution < 1.29 is 17.6 Å². The Morgan fingerprint density at radius 1 is 1.00 bits per heavy atom. The zero-order chi connectivity index (χ0) is 14.1. The number of aryl methyl sites for hydroxylation is 1. The van der Waals surface area contributed by atoms with Gasteiger partial charge in [0, 0.05) is 13.2 Å². The lowest BCUT2D eigenvalue weighted by Gasteiger charge is -2.16. The van der Waals surface area contributed by atoms with Gasteiger partial charge < -0.3 is 8.85 Å². The molecule has 1 aromatic carbocycles. The molecule has 108 valence electrons. The average Bonchev–Trinajstić information content (AvgIpc) is 2.41. The minimum atomic E-state index is -1.68. The molecule has 0 radical (unpaired) electrons. The largest absolute Gasteiger partial charge is 0.397 e. The van der Waals surface area contributed by atoms with E-state index in [9.17, 15) is 8.78 Å². The molecule has 0 aliphatic carbocycles. The molecule has 0 saturated carbocycles. The smallest absolute Gasteiger partial charge is 0.321 e. The fourth-order valence-electron chi connectivity index (χ4n) is 1.69. The van der Waals surface area contributed by atoms with E-state index in [4.69, 9.17) is 8.85 Å². The van der Waals surface area contributed by atoms with E-state index in [1.807, 2.05) is 0 Å². The van der Waals surface area contributed by atoms with Crippen LogP contribution in [0.5, 0.6) is 0 Å². The Morgan fingerprint density at radius 3 is 2.16 bits per heavy atom. The van der Waals surface area contributed by atoms with Crippen LogP contribution in [-0.4, -0.2) is 22.5 Å². The first-order valence-corrected chi connectivity index (χ1v) is 8.60. The van der Waals surface area contributed by atoms with Gasteiger partial charge in [0.2, 0.25) is 0 Å². The quantitative estimate of drug-likeness (QED) is 0.647. The highest BCUT2D eigenvalue weighted by molar-refractivity contribution is 6.44. The molecule has 1 aromatic rings. The van der Waals surface area contributed by atoms with Crippen molar-refractivity contribution in [1.29, 1.82) is 0 Å². The minimum Gasteiger partial charge on any atom is -0.397 e. The molecule has 0 aliphatic heterocycles. The maximum Gasteiger partial charge on any atom is 0.321 e. The predicted molar refractivity (Wildman–Crippen MR) is 74.5 cm³/mol. The predicted octanol–water partition coefficient (Wildman–Crippen LogP) is 3.58. The van der Waals surface area contributed by atoms with Crippen LogP contribution in [0.1, 0.15) is 32.3 Å². The highest BCUT2D eigenvalue weighted by atomic mass is 28.3. The zero-order valence-corrected chi connectivity index (χ0v) is 12.8. The fraction of sp³-hybridized carbons (Fsp3) is 0.571. The van der Waals surface area contributed by atoms with E-state index in [1.165, 1.54) is 12.1 Å². The molecule has 0 unspecified atom stereocenters. The summed E-state index contributed by atoms with van der Waals surface area (Å²) >= 11 is 0. The lowest BCUT2D eigenvalue weighted by molar-refractivity contribution is 0.196. The van der Waals surface area contributed by atoms with Gasteiger partial charge in [-0.25, -0.2) is 8.78 Å². The third-order valence-electron chi connectivity index (χ3n) is 2.67. The Hall–Kier alpha value is -0.783. The van der Waals surface area contributed by atoms with Crippen LogP contribution < -0.4 is 0 Å². The Balaban J connectivity index is 2.46. The average molecular weight is 288 g/mol. The van der Waals surface area contributed by atoms with E-state index < -0.39 is 20.9 Å². The molecule has 0 spiro atoms. The van der Waals surface area contributed by atoms with Gasteiger partial charge in [0.25, 0.3) is 0 Å². The van der Waals surface area contributed by atoms with Crippen LogP contribution in [0.15, 0.2) is 18.2 Å². The van der Waals surface area contributed by atoms with Crippen LogP contribution in [0.2, 0.25) is 6.04 Å². The van der Waals surface area contributed by atoms with Gasteiger partial charge in [-0.3, -0.25) is 0 Å². The lowest BCUT2D eigenvalue weighted by Crippen LogP contribution is -2.24. The first-order chi connectivity index (χ1) is 9.17. The summed E-state index contributed by atoms with van der Waals surface area (Å²) in [6.45, 7) is 5.53. The molecule has 0 saturated heterocycles. The van der Waals surface area contributed by atoms with E-state index in [-0.39, 0.29) is 0 Å². The summed E-state index contributed by atoms with van der Waals surface area (Å²) in [5, 5.41) is 0. The molecule has 5 heteroatoms. The summed E-state index contributed by atoms with van der Waals surface area (Å²) < 4.78 is 37.3. The van der Waals surface area contributed by atoms with Crippen molar-refractivity contribution in [1.82, 2.24) is 0 Å². The molecule has 0 fully saturated rings. The SMILES string of the molecule is CCCO[SiH](CCc1ccc(F)c(F)c1)OCCC. The van der Waals surface area contributed by atoms with E-state index in [0.29, 0.717) is 19.6 Å².